The number of para-hydroxylation sites is 2. The predicted molar refractivity (Wildman–Crippen MR) is 163 cm³/mol. The summed E-state index contributed by atoms with van der Waals surface area (Å²) in [5.41, 5.74) is 3.92. The number of benzene rings is 2. The minimum absolute atomic E-state index is 0.0786. The number of fused-ring (bicyclic) bond motifs is 3. The number of ether oxygens (including phenoxy) is 1. The number of aryl methyl sites for hydroxylation is 1. The van der Waals surface area contributed by atoms with E-state index in [1.807, 2.05) is 4.90 Å². The minimum atomic E-state index is 0.0786. The van der Waals surface area contributed by atoms with E-state index in [0.717, 1.165) is 50.2 Å². The third-order valence-electron chi connectivity index (χ3n) is 10.1. The topological polar surface area (TPSA) is 63.5 Å². The first-order valence-electron chi connectivity index (χ1n) is 15.1. The van der Waals surface area contributed by atoms with Crippen LogP contribution in [0.15, 0.2) is 60.8 Å². The van der Waals surface area contributed by atoms with Crippen LogP contribution in [0.2, 0.25) is 0 Å². The van der Waals surface area contributed by atoms with Crippen LogP contribution in [0.5, 0.6) is 5.19 Å². The molecule has 5 heterocycles. The summed E-state index contributed by atoms with van der Waals surface area (Å²) in [5, 5.41) is 0.541. The van der Waals surface area contributed by atoms with Crippen LogP contribution in [0.4, 0.5) is 0 Å². The number of carbonyl (C=O) groups is 1. The molecule has 3 atom stereocenters. The van der Waals surface area contributed by atoms with E-state index in [2.05, 4.69) is 76.0 Å². The second-order valence-electron chi connectivity index (χ2n) is 12.1. The molecule has 7 rings (SSSR count). The van der Waals surface area contributed by atoms with Crippen LogP contribution < -0.4 is 4.74 Å². The summed E-state index contributed by atoms with van der Waals surface area (Å²) in [5.74, 6) is 1.22. The van der Waals surface area contributed by atoms with Gasteiger partial charge < -0.3 is 14.2 Å². The quantitative estimate of drug-likeness (QED) is 0.264. The number of aromatic nitrogens is 3. The molecule has 3 fully saturated rings. The van der Waals surface area contributed by atoms with Crippen molar-refractivity contribution >= 4 is 28.3 Å². The Bertz CT molecular complexity index is 1510. The van der Waals surface area contributed by atoms with Crippen molar-refractivity contribution in [3.8, 4) is 5.19 Å². The van der Waals surface area contributed by atoms with E-state index in [4.69, 9.17) is 9.72 Å². The summed E-state index contributed by atoms with van der Waals surface area (Å²) in [6.07, 6.45) is 9.77. The molecule has 3 aliphatic rings. The first-order valence-corrected chi connectivity index (χ1v) is 15.9. The number of piperidine rings is 2. The second-order valence-corrected chi connectivity index (χ2v) is 13.1. The van der Waals surface area contributed by atoms with Crippen LogP contribution in [0.25, 0.3) is 11.0 Å². The molecule has 1 amide bonds. The van der Waals surface area contributed by atoms with Crippen LogP contribution in [-0.2, 0) is 5.41 Å². The number of carbonyl (C=O) groups excluding carboxylic acids is 1. The van der Waals surface area contributed by atoms with E-state index in [9.17, 15) is 4.79 Å². The fourth-order valence-electron chi connectivity index (χ4n) is 8.01. The lowest BCUT2D eigenvalue weighted by atomic mass is 9.70. The van der Waals surface area contributed by atoms with E-state index < -0.39 is 0 Å². The molecule has 2 aromatic carbocycles. The zero-order valence-corrected chi connectivity index (χ0v) is 24.9. The summed E-state index contributed by atoms with van der Waals surface area (Å²) in [6, 6.07) is 21.5. The fraction of sp³-hybridized carbons (Fsp3) is 0.485. The van der Waals surface area contributed by atoms with Gasteiger partial charge in [0.25, 0.3) is 11.1 Å². The van der Waals surface area contributed by atoms with Crippen molar-refractivity contribution in [2.45, 2.75) is 75.4 Å². The first-order chi connectivity index (χ1) is 20.0. The van der Waals surface area contributed by atoms with Gasteiger partial charge >= 0.3 is 0 Å². The van der Waals surface area contributed by atoms with Crippen molar-refractivity contribution in [1.29, 1.82) is 0 Å². The van der Waals surface area contributed by atoms with Crippen LogP contribution >= 0.6 is 11.3 Å². The number of nitrogens with zero attached hydrogens (tertiary/aromatic N) is 5. The predicted octanol–water partition coefficient (Wildman–Crippen LogP) is 6.24. The molecule has 0 saturated carbocycles. The van der Waals surface area contributed by atoms with E-state index in [-0.39, 0.29) is 11.3 Å². The van der Waals surface area contributed by atoms with Gasteiger partial charge in [-0.05, 0) is 81.5 Å². The Morgan fingerprint density at radius 2 is 1.71 bits per heavy atom. The summed E-state index contributed by atoms with van der Waals surface area (Å²) in [6.45, 7) is 4.84. The largest absolute Gasteiger partial charge is 0.473 e. The Kier molecular flexibility index (Phi) is 7.07. The molecule has 2 bridgehead atoms. The Morgan fingerprint density at radius 3 is 2.41 bits per heavy atom. The molecule has 7 nitrogen and oxygen atoms in total. The molecule has 0 aliphatic carbocycles. The fourth-order valence-corrected chi connectivity index (χ4v) is 8.71. The van der Waals surface area contributed by atoms with Crippen molar-refractivity contribution in [3.05, 3.63) is 77.1 Å². The van der Waals surface area contributed by atoms with E-state index in [1.165, 1.54) is 48.1 Å². The Labute approximate surface area is 246 Å². The zero-order chi connectivity index (χ0) is 28.0. The molecule has 0 radical (unpaired) electrons. The van der Waals surface area contributed by atoms with Crippen molar-refractivity contribution < 1.29 is 9.53 Å². The normalized spacial score (nSPS) is 24.1. The van der Waals surface area contributed by atoms with Crippen molar-refractivity contribution in [3.63, 3.8) is 0 Å². The van der Waals surface area contributed by atoms with Gasteiger partial charge in [-0.1, -0.05) is 53.8 Å². The van der Waals surface area contributed by atoms with Gasteiger partial charge in [-0.2, -0.15) is 0 Å². The average Bonchev–Trinajstić information content (AvgIpc) is 3.69. The maximum atomic E-state index is 13.2. The maximum absolute atomic E-state index is 13.2. The SMILES string of the molecule is COc1ncc(C(=O)N2CCC(CCN3C4CC[C@@H]3CC(n3c(C)nc5ccccc53)C4)(c3ccccc3)CC2)s1. The lowest BCUT2D eigenvalue weighted by molar-refractivity contribution is 0.0611. The lowest BCUT2D eigenvalue weighted by Gasteiger charge is -2.45. The Hall–Kier alpha value is -3.23. The molecule has 3 aliphatic heterocycles. The Balaban J connectivity index is 1.06. The highest BCUT2D eigenvalue weighted by molar-refractivity contribution is 7.15. The molecular weight excluding hydrogens is 530 g/mol. The molecule has 8 heteroatoms. The molecule has 41 heavy (non-hydrogen) atoms. The van der Waals surface area contributed by atoms with E-state index in [1.54, 1.807) is 13.3 Å². The molecule has 0 spiro atoms. The number of thiazole rings is 1. The minimum Gasteiger partial charge on any atom is -0.473 e. The van der Waals surface area contributed by atoms with Crippen molar-refractivity contribution in [1.82, 2.24) is 24.3 Å². The van der Waals surface area contributed by atoms with Gasteiger partial charge in [-0.15, -0.1) is 0 Å². The standard InChI is InChI=1S/C33H39N5O2S/c1-23-35-28-10-6-7-11-29(28)38(23)27-20-25-12-13-26(21-27)37(25)19-16-33(24-8-4-3-5-9-24)14-17-36(18-15-33)31(39)30-22-34-32(40-2)41-30/h3-11,22,25-27H,12-21H2,1-2H3/t25-,26?,27?/m1/s1. The van der Waals surface area contributed by atoms with E-state index >= 15 is 0 Å². The number of hydrogen-bond donors (Lipinski definition) is 0. The lowest BCUT2D eigenvalue weighted by Crippen LogP contribution is -2.49. The van der Waals surface area contributed by atoms with Crippen molar-refractivity contribution in [2.24, 2.45) is 0 Å². The summed E-state index contributed by atoms with van der Waals surface area (Å²) in [7, 11) is 1.59. The molecule has 4 aromatic rings. The first kappa shape index (κ1) is 26.7. The average molecular weight is 570 g/mol. The van der Waals surface area contributed by atoms with Gasteiger partial charge in [0.15, 0.2) is 0 Å². The van der Waals surface area contributed by atoms with Gasteiger partial charge in [0.05, 0.1) is 24.3 Å². The number of methoxy groups -OCH3 is 1. The van der Waals surface area contributed by atoms with Crippen LogP contribution in [0, 0.1) is 6.92 Å². The number of rotatable bonds is 7. The third-order valence-corrected chi connectivity index (χ3v) is 11.1. The van der Waals surface area contributed by atoms with Gasteiger partial charge in [0, 0.05) is 31.2 Å². The van der Waals surface area contributed by atoms with Crippen LogP contribution in [0.3, 0.4) is 0 Å². The number of likely N-dealkylation sites (tertiary alicyclic amines) is 1. The van der Waals surface area contributed by atoms with Crippen LogP contribution in [0.1, 0.15) is 72.0 Å². The highest BCUT2D eigenvalue weighted by Gasteiger charge is 2.44. The van der Waals surface area contributed by atoms with Crippen molar-refractivity contribution in [2.75, 3.05) is 26.7 Å². The summed E-state index contributed by atoms with van der Waals surface area (Å²) in [4.78, 5) is 27.8. The van der Waals surface area contributed by atoms with Gasteiger partial charge in [-0.25, -0.2) is 9.97 Å². The van der Waals surface area contributed by atoms with Crippen LogP contribution in [-0.4, -0.2) is 69.1 Å². The molecular formula is C33H39N5O2S. The monoisotopic (exact) mass is 569 g/mol. The Morgan fingerprint density at radius 1 is 1.00 bits per heavy atom. The smallest absolute Gasteiger partial charge is 0.273 e. The molecule has 0 N–H and O–H groups in total. The highest BCUT2D eigenvalue weighted by atomic mass is 32.1. The molecule has 214 valence electrons. The molecule has 3 saturated heterocycles. The van der Waals surface area contributed by atoms with Gasteiger partial charge in [0.1, 0.15) is 10.7 Å². The third kappa shape index (κ3) is 4.85. The molecule has 2 unspecified atom stereocenters. The maximum Gasteiger partial charge on any atom is 0.273 e. The number of hydrogen-bond acceptors (Lipinski definition) is 6. The second kappa shape index (κ2) is 10.9. The summed E-state index contributed by atoms with van der Waals surface area (Å²) < 4.78 is 7.74. The number of amides is 1. The van der Waals surface area contributed by atoms with Gasteiger partial charge in [-0.3, -0.25) is 9.69 Å². The van der Waals surface area contributed by atoms with E-state index in [0.29, 0.717) is 28.2 Å². The van der Waals surface area contributed by atoms with Gasteiger partial charge in [0.2, 0.25) is 0 Å². The highest BCUT2D eigenvalue weighted by Crippen LogP contribution is 2.45. The summed E-state index contributed by atoms with van der Waals surface area (Å²) >= 11 is 1.33. The molecule has 2 aromatic heterocycles. The number of imidazole rings is 1. The zero-order valence-electron chi connectivity index (χ0n) is 24.0.